The van der Waals surface area contributed by atoms with Gasteiger partial charge in [-0.15, -0.1) is 0 Å². The summed E-state index contributed by atoms with van der Waals surface area (Å²) in [7, 11) is 0. The summed E-state index contributed by atoms with van der Waals surface area (Å²) in [6.07, 6.45) is 2.14. The summed E-state index contributed by atoms with van der Waals surface area (Å²) in [6.45, 7) is 2.31. The van der Waals surface area contributed by atoms with Gasteiger partial charge in [0.2, 0.25) is 17.7 Å². The monoisotopic (exact) mass is 460 g/mol. The van der Waals surface area contributed by atoms with Gasteiger partial charge < -0.3 is 14.2 Å². The molecule has 0 N–H and O–H groups in total. The number of amides is 3. The Balaban J connectivity index is 1.23. The minimum Gasteiger partial charge on any atom is -0.486 e. The van der Waals surface area contributed by atoms with Crippen LogP contribution in [0, 0.1) is 5.92 Å². The topological polar surface area (TPSA) is 84.7 Å². The first-order valence-corrected chi connectivity index (χ1v) is 11.8. The van der Waals surface area contributed by atoms with Crippen LogP contribution in [0.2, 0.25) is 0 Å². The van der Waals surface area contributed by atoms with E-state index < -0.39 is 0 Å². The smallest absolute Gasteiger partial charge is 0.242 e. The molecule has 0 radical (unpaired) electrons. The number of imidazole rings is 1. The number of aromatic nitrogens is 2. The Bertz CT molecular complexity index is 1180. The average molecular weight is 461 g/mol. The normalized spacial score (nSPS) is 17.1. The Kier molecular flexibility index (Phi) is 6.29. The lowest BCUT2D eigenvalue weighted by Gasteiger charge is -2.33. The van der Waals surface area contributed by atoms with Crippen molar-refractivity contribution >= 4 is 28.8 Å². The number of likely N-dealkylation sites (tertiary alicyclic amines) is 2. The lowest BCUT2D eigenvalue weighted by atomic mass is 9.96. The van der Waals surface area contributed by atoms with Gasteiger partial charge in [0, 0.05) is 32.5 Å². The van der Waals surface area contributed by atoms with E-state index in [1.54, 1.807) is 4.90 Å². The van der Waals surface area contributed by atoms with E-state index in [0.717, 1.165) is 46.9 Å². The zero-order valence-electron chi connectivity index (χ0n) is 19.1. The van der Waals surface area contributed by atoms with E-state index in [0.29, 0.717) is 25.6 Å². The van der Waals surface area contributed by atoms with Crippen LogP contribution in [0.1, 0.15) is 31.5 Å². The van der Waals surface area contributed by atoms with Crippen LogP contribution >= 0.6 is 0 Å². The molecule has 3 aromatic rings. The van der Waals surface area contributed by atoms with E-state index in [2.05, 4.69) is 10.6 Å². The summed E-state index contributed by atoms with van der Waals surface area (Å²) >= 11 is 0. The van der Waals surface area contributed by atoms with Crippen molar-refractivity contribution < 1.29 is 19.1 Å². The second-order valence-electron chi connectivity index (χ2n) is 8.93. The number of para-hydroxylation sites is 3. The number of hydrogen-bond acceptors (Lipinski definition) is 5. The summed E-state index contributed by atoms with van der Waals surface area (Å²) in [6, 6.07) is 17.8. The predicted molar refractivity (Wildman–Crippen MR) is 126 cm³/mol. The van der Waals surface area contributed by atoms with E-state index in [-0.39, 0.29) is 37.1 Å². The van der Waals surface area contributed by atoms with Crippen LogP contribution in [0.15, 0.2) is 54.6 Å². The van der Waals surface area contributed by atoms with E-state index >= 15 is 0 Å². The Morgan fingerprint density at radius 3 is 2.35 bits per heavy atom. The fourth-order valence-electron chi connectivity index (χ4n) is 4.76. The first kappa shape index (κ1) is 22.1. The van der Waals surface area contributed by atoms with Crippen molar-refractivity contribution in [3.63, 3.8) is 0 Å². The molecule has 34 heavy (non-hydrogen) atoms. The van der Waals surface area contributed by atoms with E-state index in [4.69, 9.17) is 9.72 Å². The van der Waals surface area contributed by atoms with Crippen molar-refractivity contribution in [2.75, 3.05) is 19.6 Å². The number of hydrogen-bond donors (Lipinski definition) is 0. The quantitative estimate of drug-likeness (QED) is 0.506. The van der Waals surface area contributed by atoms with Crippen molar-refractivity contribution in [1.82, 2.24) is 19.4 Å². The van der Waals surface area contributed by atoms with Gasteiger partial charge in [0.1, 0.15) is 24.7 Å². The van der Waals surface area contributed by atoms with Crippen molar-refractivity contribution in [1.29, 1.82) is 0 Å². The second kappa shape index (κ2) is 9.67. The summed E-state index contributed by atoms with van der Waals surface area (Å²) in [4.78, 5) is 44.0. The van der Waals surface area contributed by atoms with Crippen molar-refractivity contribution in [2.45, 2.75) is 38.8 Å². The molecule has 0 atom stereocenters. The highest BCUT2D eigenvalue weighted by molar-refractivity contribution is 6.04. The van der Waals surface area contributed by atoms with Crippen molar-refractivity contribution in [3.05, 3.63) is 60.4 Å². The molecule has 2 fully saturated rings. The third kappa shape index (κ3) is 4.66. The average Bonchev–Trinajstić information content (AvgIpc) is 3.38. The molecule has 8 nitrogen and oxygen atoms in total. The third-order valence-electron chi connectivity index (χ3n) is 6.70. The number of nitrogens with zero attached hydrogens (tertiary/aromatic N) is 4. The Hall–Kier alpha value is -3.68. The zero-order valence-corrected chi connectivity index (χ0v) is 19.1. The number of fused-ring (bicyclic) bond motifs is 1. The molecule has 176 valence electrons. The van der Waals surface area contributed by atoms with Crippen molar-refractivity contribution in [3.8, 4) is 5.75 Å². The van der Waals surface area contributed by atoms with Crippen LogP contribution in [0.25, 0.3) is 11.0 Å². The largest absolute Gasteiger partial charge is 0.486 e. The molecule has 1 aromatic heterocycles. The minimum atomic E-state index is -0.245. The number of carbonyl (C=O) groups is 3. The van der Waals surface area contributed by atoms with E-state index in [1.165, 1.54) is 0 Å². The third-order valence-corrected chi connectivity index (χ3v) is 6.70. The SMILES string of the molecule is O=C(CN1C(=O)CCC1=O)N1CCC(Cn2c(COc3ccccc3)nc3ccccc32)CC1. The van der Waals surface area contributed by atoms with Gasteiger partial charge in [-0.1, -0.05) is 30.3 Å². The number of carbonyl (C=O) groups excluding carboxylic acids is 3. The summed E-state index contributed by atoms with van der Waals surface area (Å²) in [5, 5.41) is 0. The summed E-state index contributed by atoms with van der Waals surface area (Å²) in [5.74, 6) is 1.45. The molecular weight excluding hydrogens is 432 g/mol. The molecular formula is C26H28N4O4. The van der Waals surface area contributed by atoms with Gasteiger partial charge in [0.05, 0.1) is 11.0 Å². The molecule has 3 heterocycles. The molecule has 0 spiro atoms. The van der Waals surface area contributed by atoms with Crippen LogP contribution in [0.4, 0.5) is 0 Å². The molecule has 0 bridgehead atoms. The standard InChI is InChI=1S/C26H28N4O4/c31-24-10-11-25(32)30(24)17-26(33)28-14-12-19(13-15-28)16-29-22-9-5-4-8-21(22)27-23(29)18-34-20-6-2-1-3-7-20/h1-9,19H,10-18H2. The molecule has 2 aliphatic rings. The molecule has 0 saturated carbocycles. The van der Waals surface area contributed by atoms with Gasteiger partial charge >= 0.3 is 0 Å². The lowest BCUT2D eigenvalue weighted by Crippen LogP contribution is -2.45. The first-order chi connectivity index (χ1) is 16.6. The maximum absolute atomic E-state index is 12.7. The van der Waals surface area contributed by atoms with Crippen LogP contribution in [0.3, 0.4) is 0 Å². The Labute approximate surface area is 198 Å². The van der Waals surface area contributed by atoms with Gasteiger partial charge in [0.15, 0.2) is 0 Å². The van der Waals surface area contributed by atoms with Crippen LogP contribution in [-0.2, 0) is 27.5 Å². The zero-order chi connectivity index (χ0) is 23.5. The van der Waals surface area contributed by atoms with Gasteiger partial charge in [-0.05, 0) is 43.0 Å². The number of imide groups is 1. The fourth-order valence-corrected chi connectivity index (χ4v) is 4.76. The minimum absolute atomic E-state index is 0.129. The van der Waals surface area contributed by atoms with Crippen LogP contribution in [0.5, 0.6) is 5.75 Å². The Morgan fingerprint density at radius 2 is 1.62 bits per heavy atom. The van der Waals surface area contributed by atoms with E-state index in [1.807, 2.05) is 48.5 Å². The predicted octanol–water partition coefficient (Wildman–Crippen LogP) is 3.00. The van der Waals surface area contributed by atoms with Crippen molar-refractivity contribution in [2.24, 2.45) is 5.92 Å². The number of piperidine rings is 1. The summed E-state index contributed by atoms with van der Waals surface area (Å²) in [5.41, 5.74) is 2.03. The Morgan fingerprint density at radius 1 is 0.941 bits per heavy atom. The highest BCUT2D eigenvalue weighted by atomic mass is 16.5. The van der Waals surface area contributed by atoms with E-state index in [9.17, 15) is 14.4 Å². The molecule has 8 heteroatoms. The van der Waals surface area contributed by atoms with Crippen LogP contribution < -0.4 is 4.74 Å². The van der Waals surface area contributed by atoms with Gasteiger partial charge in [-0.2, -0.15) is 0 Å². The van der Waals surface area contributed by atoms with Gasteiger partial charge in [0.25, 0.3) is 0 Å². The number of rotatable bonds is 7. The second-order valence-corrected chi connectivity index (χ2v) is 8.93. The van der Waals surface area contributed by atoms with Crippen LogP contribution in [-0.4, -0.2) is 56.7 Å². The lowest BCUT2D eigenvalue weighted by molar-refractivity contribution is -0.146. The maximum Gasteiger partial charge on any atom is 0.242 e. The maximum atomic E-state index is 12.7. The number of benzene rings is 2. The van der Waals surface area contributed by atoms with Gasteiger partial charge in [-0.25, -0.2) is 4.98 Å². The molecule has 0 unspecified atom stereocenters. The molecule has 0 aliphatic carbocycles. The van der Waals surface area contributed by atoms with Gasteiger partial charge in [-0.3, -0.25) is 19.3 Å². The molecule has 5 rings (SSSR count). The molecule has 2 aromatic carbocycles. The fraction of sp³-hybridized carbons (Fsp3) is 0.385. The summed E-state index contributed by atoms with van der Waals surface area (Å²) < 4.78 is 8.22. The molecule has 2 saturated heterocycles. The number of ether oxygens (including phenoxy) is 1. The molecule has 2 aliphatic heterocycles. The highest BCUT2D eigenvalue weighted by Crippen LogP contribution is 2.25. The molecule has 3 amide bonds. The highest BCUT2D eigenvalue weighted by Gasteiger charge is 2.33. The first-order valence-electron chi connectivity index (χ1n) is 11.8.